The van der Waals surface area contributed by atoms with Crippen LogP contribution in [0.4, 0.5) is 0 Å². The van der Waals surface area contributed by atoms with Gasteiger partial charge in [-0.15, -0.1) is 0 Å². The maximum absolute atomic E-state index is 12.5. The molecule has 1 saturated heterocycles. The highest BCUT2D eigenvalue weighted by molar-refractivity contribution is 5.82. The Bertz CT molecular complexity index is 623. The smallest absolute Gasteiger partial charge is 0.260 e. The molecule has 1 aliphatic heterocycles. The molecule has 0 aromatic heterocycles. The topological polar surface area (TPSA) is 46.6 Å². The first-order chi connectivity index (χ1) is 11.7. The standard InChI is InChI=1S/C21H31NO3/c1-6-18(23)16-9-11-22(12-10-16)20(24)14-25-19-8-7-15(2)13-17(19)21(3,4)5/h7-8,13,16H,6,9-12,14H2,1-5H3. The van der Waals surface area contributed by atoms with Crippen LogP contribution in [-0.2, 0) is 15.0 Å². The Hall–Kier alpha value is -1.84. The van der Waals surface area contributed by atoms with Gasteiger partial charge in [-0.1, -0.05) is 45.4 Å². The Kier molecular flexibility index (Phi) is 6.26. The molecular weight excluding hydrogens is 314 g/mol. The summed E-state index contributed by atoms with van der Waals surface area (Å²) in [5, 5.41) is 0. The molecule has 0 unspecified atom stereocenters. The van der Waals surface area contributed by atoms with Crippen molar-refractivity contribution in [3.05, 3.63) is 29.3 Å². The molecule has 4 heteroatoms. The third-order valence-corrected chi connectivity index (χ3v) is 4.95. The average Bonchev–Trinajstić information content (AvgIpc) is 2.59. The number of aryl methyl sites for hydroxylation is 1. The summed E-state index contributed by atoms with van der Waals surface area (Å²) in [5.74, 6) is 1.22. The lowest BCUT2D eigenvalue weighted by Crippen LogP contribution is -2.42. The second kappa shape index (κ2) is 8.03. The van der Waals surface area contributed by atoms with Gasteiger partial charge in [-0.05, 0) is 36.8 Å². The lowest BCUT2D eigenvalue weighted by molar-refractivity contribution is -0.136. The van der Waals surface area contributed by atoms with Crippen LogP contribution >= 0.6 is 0 Å². The number of nitrogens with zero attached hydrogens (tertiary/aromatic N) is 1. The van der Waals surface area contributed by atoms with Crippen LogP contribution in [0.2, 0.25) is 0 Å². The lowest BCUT2D eigenvalue weighted by atomic mass is 9.85. The van der Waals surface area contributed by atoms with Crippen LogP contribution in [0.3, 0.4) is 0 Å². The van der Waals surface area contributed by atoms with E-state index in [9.17, 15) is 9.59 Å². The quantitative estimate of drug-likeness (QED) is 0.813. The number of ether oxygens (including phenoxy) is 1. The SMILES string of the molecule is CCC(=O)C1CCN(C(=O)COc2ccc(C)cc2C(C)(C)C)CC1. The number of hydrogen-bond donors (Lipinski definition) is 0. The van der Waals surface area contributed by atoms with Gasteiger partial charge >= 0.3 is 0 Å². The van der Waals surface area contributed by atoms with Crippen molar-refractivity contribution in [2.24, 2.45) is 5.92 Å². The molecule has 138 valence electrons. The van der Waals surface area contributed by atoms with Gasteiger partial charge in [-0.2, -0.15) is 0 Å². The molecule has 4 nitrogen and oxygen atoms in total. The summed E-state index contributed by atoms with van der Waals surface area (Å²) in [6.07, 6.45) is 2.14. The van der Waals surface area contributed by atoms with Gasteiger partial charge < -0.3 is 9.64 Å². The van der Waals surface area contributed by atoms with Crippen LogP contribution in [0.1, 0.15) is 58.1 Å². The number of carbonyl (C=O) groups excluding carboxylic acids is 2. The summed E-state index contributed by atoms with van der Waals surface area (Å²) in [7, 11) is 0. The molecule has 0 N–H and O–H groups in total. The molecule has 0 aliphatic carbocycles. The second-order valence-corrected chi connectivity index (χ2v) is 8.01. The molecule has 1 heterocycles. The van der Waals surface area contributed by atoms with Gasteiger partial charge in [0.05, 0.1) is 0 Å². The van der Waals surface area contributed by atoms with Crippen molar-refractivity contribution in [1.29, 1.82) is 0 Å². The molecule has 1 fully saturated rings. The lowest BCUT2D eigenvalue weighted by Gasteiger charge is -2.31. The number of likely N-dealkylation sites (tertiary alicyclic amines) is 1. The van der Waals surface area contributed by atoms with Gasteiger partial charge in [-0.25, -0.2) is 0 Å². The van der Waals surface area contributed by atoms with Crippen LogP contribution in [0.25, 0.3) is 0 Å². The molecule has 1 amide bonds. The number of ketones is 1. The number of hydrogen-bond acceptors (Lipinski definition) is 3. The molecule has 0 atom stereocenters. The Morgan fingerprint density at radius 2 is 1.84 bits per heavy atom. The van der Waals surface area contributed by atoms with Crippen molar-refractivity contribution in [1.82, 2.24) is 4.90 Å². The first-order valence-electron chi connectivity index (χ1n) is 9.26. The highest BCUT2D eigenvalue weighted by atomic mass is 16.5. The average molecular weight is 345 g/mol. The van der Waals surface area contributed by atoms with E-state index >= 15 is 0 Å². The van der Waals surface area contributed by atoms with Crippen LogP contribution in [0.15, 0.2) is 18.2 Å². The fourth-order valence-electron chi connectivity index (χ4n) is 3.33. The molecule has 0 radical (unpaired) electrons. The molecule has 0 bridgehead atoms. The Balaban J connectivity index is 1.94. The number of rotatable bonds is 5. The van der Waals surface area contributed by atoms with Crippen molar-refractivity contribution in [2.45, 2.75) is 59.3 Å². The summed E-state index contributed by atoms with van der Waals surface area (Å²) in [6.45, 7) is 11.8. The summed E-state index contributed by atoms with van der Waals surface area (Å²) >= 11 is 0. The van der Waals surface area contributed by atoms with Crippen molar-refractivity contribution in [3.8, 4) is 5.75 Å². The predicted molar refractivity (Wildman–Crippen MR) is 100.0 cm³/mol. The third kappa shape index (κ3) is 5.07. The highest BCUT2D eigenvalue weighted by Crippen LogP contribution is 2.32. The van der Waals surface area contributed by atoms with E-state index < -0.39 is 0 Å². The first kappa shape index (κ1) is 19.5. The summed E-state index contributed by atoms with van der Waals surface area (Å²) in [6, 6.07) is 6.09. The zero-order valence-corrected chi connectivity index (χ0v) is 16.2. The van der Waals surface area contributed by atoms with E-state index in [1.165, 1.54) is 5.56 Å². The normalized spacial score (nSPS) is 16.0. The van der Waals surface area contributed by atoms with E-state index in [4.69, 9.17) is 4.74 Å². The Labute approximate surface area is 151 Å². The zero-order chi connectivity index (χ0) is 18.6. The van der Waals surface area contributed by atoms with E-state index in [1.54, 1.807) is 0 Å². The molecular formula is C21H31NO3. The van der Waals surface area contributed by atoms with E-state index in [2.05, 4.69) is 33.8 Å². The van der Waals surface area contributed by atoms with Gasteiger partial charge in [0.15, 0.2) is 6.61 Å². The molecule has 1 aromatic carbocycles. The Morgan fingerprint density at radius 3 is 2.40 bits per heavy atom. The van der Waals surface area contributed by atoms with E-state index in [0.717, 1.165) is 24.2 Å². The van der Waals surface area contributed by atoms with E-state index in [-0.39, 0.29) is 23.8 Å². The van der Waals surface area contributed by atoms with Gasteiger partial charge in [0.25, 0.3) is 5.91 Å². The van der Waals surface area contributed by atoms with Crippen molar-refractivity contribution < 1.29 is 14.3 Å². The number of benzene rings is 1. The van der Waals surface area contributed by atoms with Crippen molar-refractivity contribution in [3.63, 3.8) is 0 Å². The third-order valence-electron chi connectivity index (χ3n) is 4.95. The minimum atomic E-state index is -0.0384. The molecule has 25 heavy (non-hydrogen) atoms. The fourth-order valence-corrected chi connectivity index (χ4v) is 3.33. The molecule has 1 aromatic rings. The highest BCUT2D eigenvalue weighted by Gasteiger charge is 2.27. The number of amides is 1. The van der Waals surface area contributed by atoms with Crippen molar-refractivity contribution >= 4 is 11.7 Å². The largest absolute Gasteiger partial charge is 0.483 e. The van der Waals surface area contributed by atoms with Gasteiger partial charge in [-0.3, -0.25) is 9.59 Å². The fraction of sp³-hybridized carbons (Fsp3) is 0.619. The van der Waals surface area contributed by atoms with Gasteiger partial charge in [0.1, 0.15) is 11.5 Å². The zero-order valence-electron chi connectivity index (χ0n) is 16.2. The van der Waals surface area contributed by atoms with Gasteiger partial charge in [0, 0.05) is 25.4 Å². The van der Waals surface area contributed by atoms with Crippen LogP contribution in [0, 0.1) is 12.8 Å². The van der Waals surface area contributed by atoms with Crippen LogP contribution in [0.5, 0.6) is 5.75 Å². The van der Waals surface area contributed by atoms with Crippen LogP contribution in [-0.4, -0.2) is 36.3 Å². The van der Waals surface area contributed by atoms with Crippen LogP contribution < -0.4 is 4.74 Å². The minimum Gasteiger partial charge on any atom is -0.483 e. The maximum atomic E-state index is 12.5. The number of Topliss-reactive ketones (excluding diaryl/α,β-unsaturated/α-hetero) is 1. The predicted octanol–water partition coefficient (Wildman–Crippen LogP) is 3.89. The maximum Gasteiger partial charge on any atom is 0.260 e. The second-order valence-electron chi connectivity index (χ2n) is 8.01. The summed E-state index contributed by atoms with van der Waals surface area (Å²) in [5.41, 5.74) is 2.27. The molecule has 0 spiro atoms. The molecule has 1 aliphatic rings. The van der Waals surface area contributed by atoms with E-state index in [1.807, 2.05) is 24.0 Å². The van der Waals surface area contributed by atoms with Gasteiger partial charge in [0.2, 0.25) is 0 Å². The molecule has 2 rings (SSSR count). The summed E-state index contributed by atoms with van der Waals surface area (Å²) in [4.78, 5) is 26.1. The summed E-state index contributed by atoms with van der Waals surface area (Å²) < 4.78 is 5.87. The molecule has 0 saturated carbocycles. The van der Waals surface area contributed by atoms with Crippen molar-refractivity contribution in [2.75, 3.05) is 19.7 Å². The van der Waals surface area contributed by atoms with E-state index in [0.29, 0.717) is 25.3 Å². The number of piperidine rings is 1. The first-order valence-corrected chi connectivity index (χ1v) is 9.26. The number of carbonyl (C=O) groups is 2. The Morgan fingerprint density at radius 1 is 1.20 bits per heavy atom. The minimum absolute atomic E-state index is 0.00262. The monoisotopic (exact) mass is 345 g/mol.